The molecule has 186 valence electrons. The summed E-state index contributed by atoms with van der Waals surface area (Å²) in [5.41, 5.74) is 2.43. The van der Waals surface area contributed by atoms with E-state index in [0.717, 1.165) is 54.6 Å². The summed E-state index contributed by atoms with van der Waals surface area (Å²) in [4.78, 5) is 9.32. The Morgan fingerprint density at radius 1 is 1.11 bits per heavy atom. The molecule has 6 rings (SSSR count). The molecule has 2 fully saturated rings. The molecule has 1 aliphatic heterocycles. The van der Waals surface area contributed by atoms with Crippen molar-refractivity contribution in [3.63, 3.8) is 0 Å². The van der Waals surface area contributed by atoms with Gasteiger partial charge in [0.25, 0.3) is 0 Å². The van der Waals surface area contributed by atoms with E-state index in [1.807, 2.05) is 36.1 Å². The van der Waals surface area contributed by atoms with E-state index in [9.17, 15) is 13.7 Å². The van der Waals surface area contributed by atoms with Gasteiger partial charge in [-0.3, -0.25) is 13.8 Å². The highest BCUT2D eigenvalue weighted by molar-refractivity contribution is 7.89. The number of imidazole rings is 1. The first-order chi connectivity index (χ1) is 17.4. The van der Waals surface area contributed by atoms with E-state index in [2.05, 4.69) is 21.3 Å². The Morgan fingerprint density at radius 3 is 2.61 bits per heavy atom. The van der Waals surface area contributed by atoms with E-state index < -0.39 is 15.6 Å². The molecule has 1 aliphatic carbocycles. The average Bonchev–Trinajstić information content (AvgIpc) is 3.62. The van der Waals surface area contributed by atoms with Crippen LogP contribution < -0.4 is 0 Å². The number of fused-ring (bicyclic) bond motifs is 1. The van der Waals surface area contributed by atoms with Crippen molar-refractivity contribution in [3.05, 3.63) is 43.2 Å². The molecule has 0 bridgehead atoms. The lowest BCUT2D eigenvalue weighted by Crippen LogP contribution is -2.65. The summed E-state index contributed by atoms with van der Waals surface area (Å²) in [5.74, 6) is 0.660. The van der Waals surface area contributed by atoms with Crippen LogP contribution in [0.2, 0.25) is 0 Å². The van der Waals surface area contributed by atoms with Crippen LogP contribution in [0.1, 0.15) is 38.5 Å². The Labute approximate surface area is 209 Å². The monoisotopic (exact) mass is 505 g/mol. The summed E-state index contributed by atoms with van der Waals surface area (Å²) in [6.45, 7) is 0.508. The second-order valence-corrected chi connectivity index (χ2v) is 12.0. The molecule has 0 radical (unpaired) electrons. The minimum atomic E-state index is -3.37. The number of nitriles is 1. The van der Waals surface area contributed by atoms with Crippen molar-refractivity contribution in [1.29, 1.82) is 5.26 Å². The molecule has 4 aromatic rings. The fourth-order valence-corrected chi connectivity index (χ4v) is 7.57. The van der Waals surface area contributed by atoms with E-state index in [1.54, 1.807) is 28.0 Å². The Balaban J connectivity index is 1.32. The maximum atomic E-state index is 13.2. The second kappa shape index (κ2) is 8.53. The molecule has 36 heavy (non-hydrogen) atoms. The van der Waals surface area contributed by atoms with Gasteiger partial charge in [-0.05, 0) is 12.8 Å². The molecule has 4 aromatic heterocycles. The number of nitrogens with zero attached hydrogens (tertiary/aromatic N) is 9. The van der Waals surface area contributed by atoms with Gasteiger partial charge in [-0.25, -0.2) is 18.4 Å². The van der Waals surface area contributed by atoms with Gasteiger partial charge in [-0.1, -0.05) is 19.3 Å². The van der Waals surface area contributed by atoms with Crippen molar-refractivity contribution in [3.8, 4) is 28.7 Å². The molecule has 1 saturated carbocycles. The Bertz CT molecular complexity index is 1560. The zero-order chi connectivity index (χ0) is 24.9. The summed E-state index contributed by atoms with van der Waals surface area (Å²) < 4.78 is 33.3. The first-order valence-electron chi connectivity index (χ1n) is 12.1. The van der Waals surface area contributed by atoms with Crippen molar-refractivity contribution in [2.45, 2.75) is 49.3 Å². The second-order valence-electron chi connectivity index (χ2n) is 9.83. The lowest BCUT2D eigenvalue weighted by Gasteiger charge is -2.49. The maximum absolute atomic E-state index is 13.2. The minimum absolute atomic E-state index is 0.175. The molecular weight excluding hydrogens is 478 g/mol. The van der Waals surface area contributed by atoms with Gasteiger partial charge in [-0.2, -0.15) is 19.8 Å². The smallest absolute Gasteiger partial charge is 0.217 e. The van der Waals surface area contributed by atoms with Crippen LogP contribution in [0.4, 0.5) is 0 Å². The van der Waals surface area contributed by atoms with Crippen LogP contribution in [-0.2, 0) is 22.6 Å². The van der Waals surface area contributed by atoms with Gasteiger partial charge in [0.2, 0.25) is 10.0 Å². The van der Waals surface area contributed by atoms with Gasteiger partial charge in [-0.15, -0.1) is 0 Å². The zero-order valence-corrected chi connectivity index (χ0v) is 20.8. The van der Waals surface area contributed by atoms with E-state index in [1.165, 1.54) is 4.31 Å². The van der Waals surface area contributed by atoms with Crippen LogP contribution >= 0.6 is 0 Å². The van der Waals surface area contributed by atoms with Crippen LogP contribution in [0.5, 0.6) is 0 Å². The van der Waals surface area contributed by atoms with Gasteiger partial charge >= 0.3 is 0 Å². The summed E-state index contributed by atoms with van der Waals surface area (Å²) in [6, 6.07) is 4.15. The fourth-order valence-electron chi connectivity index (χ4n) is 5.37. The Morgan fingerprint density at radius 2 is 1.89 bits per heavy atom. The molecule has 0 aromatic carbocycles. The van der Waals surface area contributed by atoms with Crippen LogP contribution in [0.25, 0.3) is 28.3 Å². The molecule has 0 N–H and O–H groups in total. The first kappa shape index (κ1) is 22.9. The van der Waals surface area contributed by atoms with Crippen LogP contribution in [0.15, 0.2) is 43.2 Å². The molecule has 0 amide bonds. The Hall–Kier alpha value is -3.56. The normalized spacial score (nSPS) is 18.8. The lowest BCUT2D eigenvalue weighted by atomic mass is 9.89. The number of aryl methyl sites for hydroxylation is 1. The van der Waals surface area contributed by atoms with Gasteiger partial charge in [0.1, 0.15) is 17.0 Å². The predicted octanol–water partition coefficient (Wildman–Crippen LogP) is 2.58. The number of hydrogen-bond donors (Lipinski definition) is 0. The molecule has 11 nitrogen and oxygen atoms in total. The largest absolute Gasteiger partial charge is 0.284 e. The van der Waals surface area contributed by atoms with E-state index >= 15 is 0 Å². The van der Waals surface area contributed by atoms with Crippen molar-refractivity contribution in [2.24, 2.45) is 7.05 Å². The van der Waals surface area contributed by atoms with Crippen LogP contribution in [0.3, 0.4) is 0 Å². The SMILES string of the molecule is Cn1cc(-c2cc3nccn3c(-c3cnn(C4(CC#N)CN(S(=O)(=O)C5CCCCC5)C4)c3)n2)cn1. The average molecular weight is 506 g/mol. The predicted molar refractivity (Wildman–Crippen MR) is 132 cm³/mol. The number of hydrogen-bond acceptors (Lipinski definition) is 7. The highest BCUT2D eigenvalue weighted by atomic mass is 32.2. The summed E-state index contributed by atoms with van der Waals surface area (Å²) in [6.07, 6.45) is 15.4. The molecular formula is C24H27N9O2S. The summed E-state index contributed by atoms with van der Waals surface area (Å²) >= 11 is 0. The van der Waals surface area contributed by atoms with E-state index in [0.29, 0.717) is 5.82 Å². The molecule has 0 spiro atoms. The molecule has 1 saturated heterocycles. The third-order valence-electron chi connectivity index (χ3n) is 7.40. The third kappa shape index (κ3) is 3.70. The lowest BCUT2D eigenvalue weighted by molar-refractivity contribution is 0.0703. The molecule has 12 heteroatoms. The fraction of sp³-hybridized carbons (Fsp3) is 0.458. The van der Waals surface area contributed by atoms with E-state index in [4.69, 9.17) is 4.98 Å². The van der Waals surface area contributed by atoms with Crippen molar-refractivity contribution in [2.75, 3.05) is 13.1 Å². The molecule has 0 atom stereocenters. The number of aromatic nitrogens is 7. The summed E-state index contributed by atoms with van der Waals surface area (Å²) in [5, 5.41) is 18.1. The number of rotatable bonds is 6. The number of sulfonamides is 1. The van der Waals surface area contributed by atoms with Crippen molar-refractivity contribution in [1.82, 2.24) is 38.2 Å². The quantitative estimate of drug-likeness (QED) is 0.394. The van der Waals surface area contributed by atoms with E-state index in [-0.39, 0.29) is 24.8 Å². The highest BCUT2D eigenvalue weighted by Gasteiger charge is 2.52. The molecule has 0 unspecified atom stereocenters. The van der Waals surface area contributed by atoms with Crippen LogP contribution in [-0.4, -0.2) is 65.0 Å². The van der Waals surface area contributed by atoms with Gasteiger partial charge in [0.05, 0.1) is 41.4 Å². The minimum Gasteiger partial charge on any atom is -0.284 e. The topological polar surface area (TPSA) is 127 Å². The molecule has 5 heterocycles. The molecule has 2 aliphatic rings. The van der Waals surface area contributed by atoms with Crippen molar-refractivity contribution >= 4 is 15.7 Å². The Kier molecular flexibility index (Phi) is 5.42. The third-order valence-corrected chi connectivity index (χ3v) is 9.69. The zero-order valence-electron chi connectivity index (χ0n) is 20.0. The van der Waals surface area contributed by atoms with Gasteiger partial charge < -0.3 is 0 Å². The van der Waals surface area contributed by atoms with Gasteiger partial charge in [0, 0.05) is 56.6 Å². The summed E-state index contributed by atoms with van der Waals surface area (Å²) in [7, 11) is -1.52. The maximum Gasteiger partial charge on any atom is 0.217 e. The van der Waals surface area contributed by atoms with Crippen molar-refractivity contribution < 1.29 is 8.42 Å². The standard InChI is InChI=1S/C24H27N9O2S/c1-30-14-18(12-27-30)21-11-22-26-9-10-32(22)23(29-21)19-13-28-33(15-19)24(7-8-25)16-31(17-24)36(34,35)20-5-3-2-4-6-20/h9-15,20H,2-7,16-17H2,1H3. The first-order valence-corrected chi connectivity index (χ1v) is 13.6. The highest BCUT2D eigenvalue weighted by Crippen LogP contribution is 2.38. The van der Waals surface area contributed by atoms with Gasteiger partial charge in [0.15, 0.2) is 0 Å². The van der Waals surface area contributed by atoms with Crippen LogP contribution in [0, 0.1) is 11.3 Å².